The fraction of sp³-hybridized carbons (Fsp3) is 0.600. The molecule has 1 aliphatic rings. The number of carbonyl (C=O) groups excluding carboxylic acids is 1. The summed E-state index contributed by atoms with van der Waals surface area (Å²) in [6, 6.07) is 0. The fourth-order valence-electron chi connectivity index (χ4n) is 0.850. The summed E-state index contributed by atoms with van der Waals surface area (Å²) in [6.45, 7) is 0.369. The summed E-state index contributed by atoms with van der Waals surface area (Å²) in [7, 11) is 0. The van der Waals surface area contributed by atoms with Crippen molar-refractivity contribution in [3.8, 4) is 0 Å². The number of rotatable bonds is 0. The van der Waals surface area contributed by atoms with Crippen molar-refractivity contribution in [2.24, 2.45) is 0 Å². The van der Waals surface area contributed by atoms with Gasteiger partial charge in [-0.15, -0.1) is 0 Å². The third kappa shape index (κ3) is 1.84. The summed E-state index contributed by atoms with van der Waals surface area (Å²) < 4.78 is 0. The minimum atomic E-state index is -1.13. The van der Waals surface area contributed by atoms with Gasteiger partial charge in [0, 0.05) is 13.0 Å². The van der Waals surface area contributed by atoms with Crippen molar-refractivity contribution >= 4 is 35.1 Å². The number of carboxylic acid groups (broad SMARTS) is 1. The van der Waals surface area contributed by atoms with E-state index in [2.05, 4.69) is 0 Å². The Balaban J connectivity index is 0.000000810. The Morgan fingerprint density at radius 2 is 2.20 bits per heavy atom. The van der Waals surface area contributed by atoms with Crippen molar-refractivity contribution in [3.63, 3.8) is 0 Å². The first kappa shape index (κ1) is 9.71. The number of hydrogen-bond donors (Lipinski definition) is 1. The van der Waals surface area contributed by atoms with Gasteiger partial charge in [0.1, 0.15) is 0 Å². The molecule has 10 heavy (non-hydrogen) atoms. The topological polar surface area (TPSA) is 57.6 Å². The van der Waals surface area contributed by atoms with Crippen LogP contribution in [0.15, 0.2) is 0 Å². The SMILES string of the molecule is O=C(O)N1CCCC1=O.[MgH2]. The molecule has 4 nitrogen and oxygen atoms in total. The zero-order valence-electron chi connectivity index (χ0n) is 4.83. The van der Waals surface area contributed by atoms with Gasteiger partial charge in [-0.25, -0.2) is 9.69 Å². The highest BCUT2D eigenvalue weighted by molar-refractivity contribution is 5.92. The summed E-state index contributed by atoms with van der Waals surface area (Å²) in [6.07, 6.45) is -0.0743. The van der Waals surface area contributed by atoms with E-state index in [1.54, 1.807) is 0 Å². The number of nitrogens with zero attached hydrogens (tertiary/aromatic N) is 1. The van der Waals surface area contributed by atoms with E-state index in [1.165, 1.54) is 0 Å². The first-order chi connectivity index (χ1) is 4.22. The van der Waals surface area contributed by atoms with Crippen molar-refractivity contribution in [3.05, 3.63) is 0 Å². The van der Waals surface area contributed by atoms with Crippen LogP contribution >= 0.6 is 0 Å². The van der Waals surface area contributed by atoms with E-state index in [4.69, 9.17) is 5.11 Å². The number of amides is 2. The van der Waals surface area contributed by atoms with E-state index in [0.717, 1.165) is 4.90 Å². The van der Waals surface area contributed by atoms with E-state index >= 15 is 0 Å². The second-order valence-electron chi connectivity index (χ2n) is 1.93. The number of carbonyl (C=O) groups is 2. The lowest BCUT2D eigenvalue weighted by Crippen LogP contribution is -2.29. The van der Waals surface area contributed by atoms with Crippen LogP contribution in [-0.4, -0.2) is 51.6 Å². The maximum atomic E-state index is 10.6. The van der Waals surface area contributed by atoms with E-state index in [0.29, 0.717) is 19.4 Å². The van der Waals surface area contributed by atoms with Crippen LogP contribution in [0.4, 0.5) is 4.79 Å². The Hall–Kier alpha value is -0.294. The summed E-state index contributed by atoms with van der Waals surface area (Å²) in [5.41, 5.74) is 0. The Morgan fingerprint density at radius 3 is 2.40 bits per heavy atom. The lowest BCUT2D eigenvalue weighted by atomic mass is 10.4. The molecule has 0 unspecified atom stereocenters. The average Bonchev–Trinajstić information content (AvgIpc) is 2.13. The van der Waals surface area contributed by atoms with Gasteiger partial charge in [0.05, 0.1) is 0 Å². The molecule has 0 aromatic heterocycles. The molecule has 0 aromatic rings. The highest BCUT2D eigenvalue weighted by atomic mass is 24.3. The van der Waals surface area contributed by atoms with Gasteiger partial charge in [-0.05, 0) is 6.42 Å². The van der Waals surface area contributed by atoms with Gasteiger partial charge >= 0.3 is 29.1 Å². The van der Waals surface area contributed by atoms with Crippen molar-refractivity contribution in [2.45, 2.75) is 12.8 Å². The maximum absolute atomic E-state index is 10.6. The van der Waals surface area contributed by atoms with Crippen LogP contribution in [0.25, 0.3) is 0 Å². The molecular weight excluding hydrogens is 146 g/mol. The molecule has 5 heteroatoms. The predicted molar refractivity (Wildman–Crippen MR) is 37.5 cm³/mol. The molecule has 0 atom stereocenters. The Morgan fingerprint density at radius 1 is 1.60 bits per heavy atom. The van der Waals surface area contributed by atoms with Gasteiger partial charge in [0.2, 0.25) is 5.91 Å². The Labute approximate surface area is 74.3 Å². The molecule has 1 fully saturated rings. The zero-order chi connectivity index (χ0) is 6.85. The monoisotopic (exact) mass is 155 g/mol. The molecule has 2 amide bonds. The number of imide groups is 1. The van der Waals surface area contributed by atoms with Crippen molar-refractivity contribution in [1.29, 1.82) is 0 Å². The normalized spacial score (nSPS) is 16.8. The molecule has 0 aliphatic carbocycles. The highest BCUT2D eigenvalue weighted by Crippen LogP contribution is 2.08. The fourth-order valence-corrected chi connectivity index (χ4v) is 0.850. The predicted octanol–water partition coefficient (Wildman–Crippen LogP) is -0.629. The maximum Gasteiger partial charge on any atom is 0.414 e. The minimum absolute atomic E-state index is 0. The quantitative estimate of drug-likeness (QED) is 0.474. The van der Waals surface area contributed by atoms with Crippen molar-refractivity contribution < 1.29 is 14.7 Å². The lowest BCUT2D eigenvalue weighted by Gasteiger charge is -2.05. The average molecular weight is 155 g/mol. The van der Waals surface area contributed by atoms with Crippen LogP contribution < -0.4 is 0 Å². The van der Waals surface area contributed by atoms with Crippen molar-refractivity contribution in [1.82, 2.24) is 4.90 Å². The van der Waals surface area contributed by atoms with Gasteiger partial charge in [0.25, 0.3) is 0 Å². The molecular formula is C5H9MgNO3. The molecule has 0 radical (unpaired) electrons. The zero-order valence-corrected chi connectivity index (χ0v) is 4.83. The molecule has 1 aliphatic heterocycles. The van der Waals surface area contributed by atoms with E-state index in [9.17, 15) is 9.59 Å². The van der Waals surface area contributed by atoms with Gasteiger partial charge in [-0.1, -0.05) is 0 Å². The van der Waals surface area contributed by atoms with Gasteiger partial charge in [-0.3, -0.25) is 4.79 Å². The number of likely N-dealkylation sites (tertiary alicyclic amines) is 1. The smallest absolute Gasteiger partial charge is 0.414 e. The number of hydrogen-bond acceptors (Lipinski definition) is 2. The molecule has 0 saturated carbocycles. The van der Waals surface area contributed by atoms with Crippen LogP contribution in [0.1, 0.15) is 12.8 Å². The largest absolute Gasteiger partial charge is 0.465 e. The third-order valence-electron chi connectivity index (χ3n) is 1.30. The molecule has 1 heterocycles. The Bertz CT molecular complexity index is 159. The molecule has 0 bridgehead atoms. The van der Waals surface area contributed by atoms with Crippen LogP contribution in [0, 0.1) is 0 Å². The minimum Gasteiger partial charge on any atom is -0.465 e. The van der Waals surface area contributed by atoms with Gasteiger partial charge in [-0.2, -0.15) is 0 Å². The first-order valence-corrected chi connectivity index (χ1v) is 2.75. The van der Waals surface area contributed by atoms with Crippen molar-refractivity contribution in [2.75, 3.05) is 6.54 Å². The molecule has 54 valence electrons. The first-order valence-electron chi connectivity index (χ1n) is 2.75. The summed E-state index contributed by atoms with van der Waals surface area (Å²) >= 11 is 0. The molecule has 0 aromatic carbocycles. The second kappa shape index (κ2) is 3.77. The van der Waals surface area contributed by atoms with E-state index in [1.807, 2.05) is 0 Å². The molecule has 1 saturated heterocycles. The second-order valence-corrected chi connectivity index (χ2v) is 1.93. The molecule has 1 rings (SSSR count). The molecule has 1 N–H and O–H groups in total. The third-order valence-corrected chi connectivity index (χ3v) is 1.30. The lowest BCUT2D eigenvalue weighted by molar-refractivity contribution is -0.125. The van der Waals surface area contributed by atoms with Crippen LogP contribution in [0.5, 0.6) is 0 Å². The van der Waals surface area contributed by atoms with Crippen LogP contribution in [-0.2, 0) is 4.79 Å². The summed E-state index contributed by atoms with van der Waals surface area (Å²) in [5, 5.41) is 8.29. The van der Waals surface area contributed by atoms with E-state index in [-0.39, 0.29) is 29.0 Å². The van der Waals surface area contributed by atoms with Gasteiger partial charge in [0.15, 0.2) is 0 Å². The Kier molecular flexibility index (Phi) is 3.66. The van der Waals surface area contributed by atoms with Crippen LogP contribution in [0.3, 0.4) is 0 Å². The highest BCUT2D eigenvalue weighted by Gasteiger charge is 2.25. The standard InChI is InChI=1S/C5H7NO3.Mg.2H/c7-4-2-1-3-6(4)5(8)9;;;/h1-3H2,(H,8,9);;;. The van der Waals surface area contributed by atoms with Crippen LogP contribution in [0.2, 0.25) is 0 Å². The summed E-state index contributed by atoms with van der Waals surface area (Å²) in [5.74, 6) is -0.275. The summed E-state index contributed by atoms with van der Waals surface area (Å²) in [4.78, 5) is 21.5. The van der Waals surface area contributed by atoms with Gasteiger partial charge < -0.3 is 5.11 Å². The molecule has 0 spiro atoms. The van der Waals surface area contributed by atoms with E-state index < -0.39 is 6.09 Å².